The monoisotopic (exact) mass is 223 g/mol. The van der Waals surface area contributed by atoms with Crippen LogP contribution < -0.4 is 16.0 Å². The summed E-state index contributed by atoms with van der Waals surface area (Å²) in [5.41, 5.74) is 0.699. The highest BCUT2D eigenvalue weighted by molar-refractivity contribution is 5.93. The van der Waals surface area contributed by atoms with Gasteiger partial charge in [-0.2, -0.15) is 0 Å². The van der Waals surface area contributed by atoms with Gasteiger partial charge in [0.1, 0.15) is 0 Å². The SMILES string of the molecule is CNC(=O)NC.CNC(=O)c1ccccc1. The molecular weight excluding hydrogens is 206 g/mol. The maximum atomic E-state index is 10.9. The minimum absolute atomic E-state index is 0.0411. The van der Waals surface area contributed by atoms with Gasteiger partial charge in [0, 0.05) is 26.7 Å². The zero-order valence-corrected chi connectivity index (χ0v) is 9.70. The van der Waals surface area contributed by atoms with E-state index in [1.54, 1.807) is 33.3 Å². The summed E-state index contributed by atoms with van der Waals surface area (Å²) in [4.78, 5) is 20.9. The molecule has 5 heteroatoms. The van der Waals surface area contributed by atoms with E-state index in [1.165, 1.54) is 0 Å². The number of amides is 3. The molecular formula is C11H17N3O2. The first-order valence-corrected chi connectivity index (χ1v) is 4.82. The van der Waals surface area contributed by atoms with Gasteiger partial charge in [0.05, 0.1) is 0 Å². The number of nitrogens with one attached hydrogen (secondary N) is 3. The Balaban J connectivity index is 0.000000325. The molecule has 0 unspecified atom stereocenters. The van der Waals surface area contributed by atoms with Gasteiger partial charge in [-0.05, 0) is 12.1 Å². The minimum Gasteiger partial charge on any atom is -0.355 e. The van der Waals surface area contributed by atoms with E-state index in [-0.39, 0.29) is 11.9 Å². The van der Waals surface area contributed by atoms with Crippen LogP contribution in [0.15, 0.2) is 30.3 Å². The van der Waals surface area contributed by atoms with E-state index < -0.39 is 0 Å². The molecule has 0 atom stereocenters. The van der Waals surface area contributed by atoms with Gasteiger partial charge in [0.15, 0.2) is 0 Å². The Bertz CT molecular complexity index is 319. The van der Waals surface area contributed by atoms with Gasteiger partial charge in [-0.1, -0.05) is 18.2 Å². The molecule has 3 N–H and O–H groups in total. The van der Waals surface area contributed by atoms with Gasteiger partial charge < -0.3 is 16.0 Å². The van der Waals surface area contributed by atoms with Crippen LogP contribution in [0, 0.1) is 0 Å². The first kappa shape index (κ1) is 14.0. The molecule has 88 valence electrons. The smallest absolute Gasteiger partial charge is 0.314 e. The van der Waals surface area contributed by atoms with Crippen LogP contribution in [0.3, 0.4) is 0 Å². The van der Waals surface area contributed by atoms with Gasteiger partial charge in [-0.25, -0.2) is 4.79 Å². The highest BCUT2D eigenvalue weighted by Gasteiger charge is 1.97. The number of rotatable bonds is 1. The quantitative estimate of drug-likeness (QED) is 0.652. The standard InChI is InChI=1S/C8H9NO.C3H8N2O/c1-9-8(10)7-5-3-2-4-6-7;1-4-3(6)5-2/h2-6H,1H3,(H,9,10);1-2H3,(H2,4,5,6). The number of carbonyl (C=O) groups excluding carboxylic acids is 2. The van der Waals surface area contributed by atoms with Crippen LogP contribution >= 0.6 is 0 Å². The van der Waals surface area contributed by atoms with Gasteiger partial charge in [0.2, 0.25) is 0 Å². The Morgan fingerprint density at radius 2 is 1.38 bits per heavy atom. The second kappa shape index (κ2) is 8.28. The Morgan fingerprint density at radius 3 is 1.69 bits per heavy atom. The van der Waals surface area contributed by atoms with Crippen molar-refractivity contribution in [3.8, 4) is 0 Å². The van der Waals surface area contributed by atoms with E-state index >= 15 is 0 Å². The predicted molar refractivity (Wildman–Crippen MR) is 63.3 cm³/mol. The Kier molecular flexibility index (Phi) is 7.23. The van der Waals surface area contributed by atoms with Crippen LogP contribution in [0.5, 0.6) is 0 Å². The molecule has 1 rings (SSSR count). The minimum atomic E-state index is -0.157. The highest BCUT2D eigenvalue weighted by atomic mass is 16.2. The number of urea groups is 1. The lowest BCUT2D eigenvalue weighted by molar-refractivity contribution is 0.0963. The second-order valence-electron chi connectivity index (χ2n) is 2.77. The lowest BCUT2D eigenvalue weighted by atomic mass is 10.2. The number of carbonyl (C=O) groups is 2. The average molecular weight is 223 g/mol. The van der Waals surface area contributed by atoms with Gasteiger partial charge in [-0.15, -0.1) is 0 Å². The third-order valence-electron chi connectivity index (χ3n) is 1.72. The van der Waals surface area contributed by atoms with E-state index in [4.69, 9.17) is 0 Å². The molecule has 0 heterocycles. The average Bonchev–Trinajstić information content (AvgIpc) is 2.38. The number of hydrogen-bond acceptors (Lipinski definition) is 2. The van der Waals surface area contributed by atoms with Crippen LogP contribution in [0.25, 0.3) is 0 Å². The summed E-state index contributed by atoms with van der Waals surface area (Å²) < 4.78 is 0. The molecule has 1 aromatic rings. The molecule has 0 spiro atoms. The lowest BCUT2D eigenvalue weighted by Gasteiger charge is -1.96. The summed E-state index contributed by atoms with van der Waals surface area (Å²) in [5, 5.41) is 7.27. The summed E-state index contributed by atoms with van der Waals surface area (Å²) >= 11 is 0. The van der Waals surface area contributed by atoms with E-state index in [2.05, 4.69) is 16.0 Å². The van der Waals surface area contributed by atoms with Crippen molar-refractivity contribution in [2.45, 2.75) is 0 Å². The maximum Gasteiger partial charge on any atom is 0.314 e. The van der Waals surface area contributed by atoms with Crippen molar-refractivity contribution >= 4 is 11.9 Å². The molecule has 0 bridgehead atoms. The molecule has 5 nitrogen and oxygen atoms in total. The van der Waals surface area contributed by atoms with Crippen molar-refractivity contribution in [1.29, 1.82) is 0 Å². The zero-order valence-electron chi connectivity index (χ0n) is 9.70. The first-order chi connectivity index (χ1) is 7.65. The molecule has 3 amide bonds. The fraction of sp³-hybridized carbons (Fsp3) is 0.273. The van der Waals surface area contributed by atoms with Crippen LogP contribution in [0.2, 0.25) is 0 Å². The van der Waals surface area contributed by atoms with E-state index in [9.17, 15) is 9.59 Å². The van der Waals surface area contributed by atoms with E-state index in [0.717, 1.165) is 0 Å². The molecule has 0 aliphatic carbocycles. The molecule has 0 saturated carbocycles. The van der Waals surface area contributed by atoms with Gasteiger partial charge in [-0.3, -0.25) is 4.79 Å². The highest BCUT2D eigenvalue weighted by Crippen LogP contribution is 1.96. The van der Waals surface area contributed by atoms with Crippen molar-refractivity contribution < 1.29 is 9.59 Å². The summed E-state index contributed by atoms with van der Waals surface area (Å²) in [7, 11) is 4.76. The van der Waals surface area contributed by atoms with Crippen LogP contribution in [0.1, 0.15) is 10.4 Å². The third-order valence-corrected chi connectivity index (χ3v) is 1.72. The summed E-state index contributed by atoms with van der Waals surface area (Å²) in [6.45, 7) is 0. The fourth-order valence-corrected chi connectivity index (χ4v) is 0.859. The Morgan fingerprint density at radius 1 is 0.875 bits per heavy atom. The summed E-state index contributed by atoms with van der Waals surface area (Å²) in [6.07, 6.45) is 0. The zero-order chi connectivity index (χ0) is 12.4. The van der Waals surface area contributed by atoms with Crippen molar-refractivity contribution in [3.05, 3.63) is 35.9 Å². The molecule has 0 aliphatic rings. The molecule has 0 saturated heterocycles. The topological polar surface area (TPSA) is 70.2 Å². The molecule has 0 radical (unpaired) electrons. The summed E-state index contributed by atoms with van der Waals surface area (Å²) in [5.74, 6) is -0.0411. The molecule has 1 aromatic carbocycles. The first-order valence-electron chi connectivity index (χ1n) is 4.82. The molecule has 16 heavy (non-hydrogen) atoms. The Labute approximate surface area is 95.2 Å². The van der Waals surface area contributed by atoms with Crippen molar-refractivity contribution in [2.75, 3.05) is 21.1 Å². The Hall–Kier alpha value is -2.04. The largest absolute Gasteiger partial charge is 0.355 e. The van der Waals surface area contributed by atoms with E-state index in [1.807, 2.05) is 18.2 Å². The van der Waals surface area contributed by atoms with Crippen molar-refractivity contribution in [3.63, 3.8) is 0 Å². The molecule has 0 aliphatic heterocycles. The van der Waals surface area contributed by atoms with Crippen LogP contribution in [0.4, 0.5) is 4.79 Å². The second-order valence-corrected chi connectivity index (χ2v) is 2.77. The fourth-order valence-electron chi connectivity index (χ4n) is 0.859. The third kappa shape index (κ3) is 5.64. The molecule has 0 aromatic heterocycles. The normalized spacial score (nSPS) is 8.19. The van der Waals surface area contributed by atoms with Crippen molar-refractivity contribution in [2.24, 2.45) is 0 Å². The van der Waals surface area contributed by atoms with Crippen molar-refractivity contribution in [1.82, 2.24) is 16.0 Å². The van der Waals surface area contributed by atoms with Gasteiger partial charge in [0.25, 0.3) is 5.91 Å². The number of benzene rings is 1. The maximum absolute atomic E-state index is 10.9. The summed E-state index contributed by atoms with van der Waals surface area (Å²) in [6, 6.07) is 8.95. The van der Waals surface area contributed by atoms with E-state index in [0.29, 0.717) is 5.56 Å². The predicted octanol–water partition coefficient (Wildman–Crippen LogP) is 0.591. The molecule has 0 fully saturated rings. The van der Waals surface area contributed by atoms with Crippen LogP contribution in [-0.2, 0) is 0 Å². The van der Waals surface area contributed by atoms with Crippen LogP contribution in [-0.4, -0.2) is 33.1 Å². The lowest BCUT2D eigenvalue weighted by Crippen LogP contribution is -2.28. The number of hydrogen-bond donors (Lipinski definition) is 3. The van der Waals surface area contributed by atoms with Gasteiger partial charge >= 0.3 is 6.03 Å².